The third-order valence-corrected chi connectivity index (χ3v) is 2.87. The van der Waals surface area contributed by atoms with Gasteiger partial charge in [-0.3, -0.25) is 9.67 Å². The van der Waals surface area contributed by atoms with Gasteiger partial charge in [-0.15, -0.1) is 0 Å². The minimum atomic E-state index is -0.151. The fraction of sp³-hybridized carbons (Fsp3) is 0.750. The molecule has 1 saturated heterocycles. The molecule has 1 aromatic heterocycles. The third-order valence-electron chi connectivity index (χ3n) is 2.55. The minimum Gasteiger partial charge on any atom is -0.381 e. The first kappa shape index (κ1) is 9.67. The molecule has 0 saturated carbocycles. The molecule has 14 heavy (non-hydrogen) atoms. The highest BCUT2D eigenvalue weighted by molar-refractivity contribution is 7.71. The van der Waals surface area contributed by atoms with Gasteiger partial charge < -0.3 is 4.74 Å². The summed E-state index contributed by atoms with van der Waals surface area (Å²) in [5.41, 5.74) is -0.151. The van der Waals surface area contributed by atoms with Gasteiger partial charge in [-0.1, -0.05) is 0 Å². The smallest absolute Gasteiger partial charge is 0.342 e. The zero-order valence-corrected chi connectivity index (χ0v) is 8.60. The van der Waals surface area contributed by atoms with E-state index >= 15 is 0 Å². The van der Waals surface area contributed by atoms with Crippen LogP contribution in [-0.2, 0) is 11.3 Å². The second kappa shape index (κ2) is 4.10. The van der Waals surface area contributed by atoms with Crippen molar-refractivity contribution in [1.82, 2.24) is 14.8 Å². The van der Waals surface area contributed by atoms with Crippen LogP contribution >= 0.6 is 12.2 Å². The Morgan fingerprint density at radius 1 is 1.43 bits per heavy atom. The summed E-state index contributed by atoms with van der Waals surface area (Å²) in [4.78, 5) is 11.3. The van der Waals surface area contributed by atoms with E-state index in [1.54, 1.807) is 4.57 Å². The fourth-order valence-electron chi connectivity index (χ4n) is 1.69. The van der Waals surface area contributed by atoms with Crippen molar-refractivity contribution in [3.8, 4) is 0 Å². The van der Waals surface area contributed by atoms with Gasteiger partial charge in [0.1, 0.15) is 0 Å². The van der Waals surface area contributed by atoms with Gasteiger partial charge in [0.15, 0.2) is 4.77 Å². The van der Waals surface area contributed by atoms with Crippen molar-refractivity contribution in [1.29, 1.82) is 0 Å². The molecule has 1 aliphatic rings. The predicted octanol–water partition coefficient (Wildman–Crippen LogP) is 0.661. The molecule has 78 valence electrons. The molecule has 2 rings (SSSR count). The van der Waals surface area contributed by atoms with Crippen molar-refractivity contribution < 1.29 is 4.74 Å². The van der Waals surface area contributed by atoms with Crippen LogP contribution in [0.4, 0.5) is 0 Å². The van der Waals surface area contributed by atoms with Crippen LogP contribution < -0.4 is 5.69 Å². The van der Waals surface area contributed by atoms with Gasteiger partial charge in [0.2, 0.25) is 0 Å². The van der Waals surface area contributed by atoms with Gasteiger partial charge in [0, 0.05) is 19.8 Å². The first-order chi connectivity index (χ1) is 6.77. The van der Waals surface area contributed by atoms with Crippen molar-refractivity contribution >= 4 is 12.2 Å². The van der Waals surface area contributed by atoms with Gasteiger partial charge in [-0.2, -0.15) is 0 Å². The van der Waals surface area contributed by atoms with E-state index < -0.39 is 0 Å². The fourth-order valence-corrected chi connectivity index (χ4v) is 1.90. The van der Waals surface area contributed by atoms with Gasteiger partial charge in [-0.25, -0.2) is 9.89 Å². The highest BCUT2D eigenvalue weighted by atomic mass is 32.1. The Bertz CT molecular complexity index is 372. The van der Waals surface area contributed by atoms with Crippen LogP contribution in [-0.4, -0.2) is 28.0 Å². The molecule has 0 unspecified atom stereocenters. The van der Waals surface area contributed by atoms with Crippen LogP contribution in [0.3, 0.4) is 0 Å². The number of rotatable bonds is 2. The van der Waals surface area contributed by atoms with E-state index in [0.717, 1.165) is 26.1 Å². The summed E-state index contributed by atoms with van der Waals surface area (Å²) < 4.78 is 7.30. The molecule has 1 aromatic rings. The number of nitrogens with zero attached hydrogens (tertiary/aromatic N) is 1. The van der Waals surface area contributed by atoms with Crippen LogP contribution in [0.5, 0.6) is 0 Å². The lowest BCUT2D eigenvalue weighted by atomic mass is 10.0. The number of hydrogen-bond acceptors (Lipinski definition) is 3. The van der Waals surface area contributed by atoms with Crippen LogP contribution in [0, 0.1) is 10.7 Å². The number of aromatic amines is 2. The maximum absolute atomic E-state index is 11.3. The lowest BCUT2D eigenvalue weighted by Gasteiger charge is -2.21. The Balaban J connectivity index is 2.09. The maximum atomic E-state index is 11.3. The highest BCUT2D eigenvalue weighted by Crippen LogP contribution is 2.15. The Kier molecular flexibility index (Phi) is 2.83. The maximum Gasteiger partial charge on any atom is 0.342 e. The van der Waals surface area contributed by atoms with Crippen molar-refractivity contribution in [3.63, 3.8) is 0 Å². The minimum absolute atomic E-state index is 0.151. The molecule has 1 fully saturated rings. The molecule has 5 nitrogen and oxygen atoms in total. The van der Waals surface area contributed by atoms with Crippen LogP contribution in [0.15, 0.2) is 4.79 Å². The molecule has 0 amide bonds. The van der Waals surface area contributed by atoms with Crippen molar-refractivity contribution in [2.75, 3.05) is 13.2 Å². The van der Waals surface area contributed by atoms with Crippen LogP contribution in [0.1, 0.15) is 12.8 Å². The summed E-state index contributed by atoms with van der Waals surface area (Å²) in [5, 5.41) is 5.11. The van der Waals surface area contributed by atoms with E-state index in [4.69, 9.17) is 17.0 Å². The monoisotopic (exact) mass is 215 g/mol. The number of ether oxygens (including phenoxy) is 1. The number of H-pyrrole nitrogens is 2. The Morgan fingerprint density at radius 2 is 2.14 bits per heavy atom. The summed E-state index contributed by atoms with van der Waals surface area (Å²) in [7, 11) is 0. The zero-order chi connectivity index (χ0) is 9.97. The second-order valence-electron chi connectivity index (χ2n) is 3.53. The number of hydrogen-bond donors (Lipinski definition) is 2. The van der Waals surface area contributed by atoms with E-state index in [1.165, 1.54) is 0 Å². The molecule has 2 heterocycles. The molecular formula is C8H13N3O2S. The van der Waals surface area contributed by atoms with Crippen molar-refractivity contribution in [2.24, 2.45) is 5.92 Å². The quantitative estimate of drug-likeness (QED) is 0.712. The van der Waals surface area contributed by atoms with Gasteiger partial charge in [0.05, 0.1) is 0 Å². The van der Waals surface area contributed by atoms with Gasteiger partial charge in [-0.05, 0) is 31.0 Å². The van der Waals surface area contributed by atoms with Crippen molar-refractivity contribution in [3.05, 3.63) is 15.3 Å². The Morgan fingerprint density at radius 3 is 2.71 bits per heavy atom. The second-order valence-corrected chi connectivity index (χ2v) is 3.91. The molecule has 0 spiro atoms. The summed E-state index contributed by atoms with van der Waals surface area (Å²) in [6, 6.07) is 0. The average Bonchev–Trinajstić information content (AvgIpc) is 2.51. The average molecular weight is 215 g/mol. The molecule has 0 aliphatic carbocycles. The molecule has 0 radical (unpaired) electrons. The van der Waals surface area contributed by atoms with Gasteiger partial charge in [0.25, 0.3) is 0 Å². The van der Waals surface area contributed by atoms with E-state index in [-0.39, 0.29) is 5.69 Å². The van der Waals surface area contributed by atoms with Crippen LogP contribution in [0.25, 0.3) is 0 Å². The molecule has 0 atom stereocenters. The molecule has 0 bridgehead atoms. The standard InChI is InChI=1S/C8H13N3O2S/c12-7-9-10-8(14)11(7)5-6-1-3-13-4-2-6/h6H,1-5H2,(H,9,12)(H,10,14). The zero-order valence-electron chi connectivity index (χ0n) is 7.78. The molecular weight excluding hydrogens is 202 g/mol. The Labute approximate surface area is 86.1 Å². The first-order valence-corrected chi connectivity index (χ1v) is 5.13. The third kappa shape index (κ3) is 1.96. The van der Waals surface area contributed by atoms with Crippen LogP contribution in [0.2, 0.25) is 0 Å². The Hall–Kier alpha value is -0.880. The lowest BCUT2D eigenvalue weighted by Crippen LogP contribution is -2.26. The summed E-state index contributed by atoms with van der Waals surface area (Å²) in [5.74, 6) is 0.507. The molecule has 6 heteroatoms. The largest absolute Gasteiger partial charge is 0.381 e. The first-order valence-electron chi connectivity index (χ1n) is 4.72. The predicted molar refractivity (Wildman–Crippen MR) is 53.8 cm³/mol. The summed E-state index contributed by atoms with van der Waals surface area (Å²) in [6.07, 6.45) is 2.01. The van der Waals surface area contributed by atoms with E-state index in [1.807, 2.05) is 0 Å². The van der Waals surface area contributed by atoms with Crippen molar-refractivity contribution in [2.45, 2.75) is 19.4 Å². The lowest BCUT2D eigenvalue weighted by molar-refractivity contribution is 0.0608. The summed E-state index contributed by atoms with van der Waals surface area (Å²) in [6.45, 7) is 2.28. The highest BCUT2D eigenvalue weighted by Gasteiger charge is 2.15. The topological polar surface area (TPSA) is 62.8 Å². The SMILES string of the molecule is O=c1[nH][nH]c(=S)n1CC1CCOCC1. The number of nitrogens with one attached hydrogen (secondary N) is 2. The molecule has 1 aliphatic heterocycles. The molecule has 0 aromatic carbocycles. The van der Waals surface area contributed by atoms with E-state index in [0.29, 0.717) is 17.2 Å². The van der Waals surface area contributed by atoms with E-state index in [9.17, 15) is 4.79 Å². The normalized spacial score (nSPS) is 18.6. The number of aromatic nitrogens is 3. The molecule has 2 N–H and O–H groups in total. The van der Waals surface area contributed by atoms with Gasteiger partial charge >= 0.3 is 5.69 Å². The van der Waals surface area contributed by atoms with E-state index in [2.05, 4.69) is 10.2 Å². The summed E-state index contributed by atoms with van der Waals surface area (Å²) >= 11 is 4.99.